The predicted octanol–water partition coefficient (Wildman–Crippen LogP) is 0.342. The van der Waals surface area contributed by atoms with Crippen LogP contribution in [0, 0.1) is 0 Å². The van der Waals surface area contributed by atoms with Crippen molar-refractivity contribution in [2.45, 2.75) is 16.6 Å². The molecule has 3 heterocycles. The highest BCUT2D eigenvalue weighted by Crippen LogP contribution is 2.19. The van der Waals surface area contributed by atoms with Crippen molar-refractivity contribution in [2.75, 3.05) is 17.3 Å². The maximum atomic E-state index is 11.9. The highest BCUT2D eigenvalue weighted by molar-refractivity contribution is 7.99. The summed E-state index contributed by atoms with van der Waals surface area (Å²) in [5.74, 6) is -0.353. The standard InChI is InChI=1S/C12H13ClN4O3S2/c13-8-6-22(19,20)7-9(8)14-11(18)5-21-12-16-15-10-3-1-2-4-17(10)12/h1-4,8-9H,5-7H2,(H,14,18)/t8-,9+/m0/s1. The number of sulfone groups is 1. The monoisotopic (exact) mass is 360 g/mol. The molecule has 1 aliphatic rings. The van der Waals surface area contributed by atoms with Gasteiger partial charge in [-0.2, -0.15) is 0 Å². The number of amides is 1. The summed E-state index contributed by atoms with van der Waals surface area (Å²) in [7, 11) is -3.16. The van der Waals surface area contributed by atoms with Gasteiger partial charge in [0.2, 0.25) is 5.91 Å². The fraction of sp³-hybridized carbons (Fsp3) is 0.417. The first-order chi connectivity index (χ1) is 10.4. The molecule has 1 aliphatic heterocycles. The third-order valence-electron chi connectivity index (χ3n) is 3.24. The smallest absolute Gasteiger partial charge is 0.230 e. The minimum atomic E-state index is -3.16. The highest BCUT2D eigenvalue weighted by Gasteiger charge is 2.37. The van der Waals surface area contributed by atoms with Gasteiger partial charge in [-0.15, -0.1) is 21.8 Å². The van der Waals surface area contributed by atoms with Crippen molar-refractivity contribution >= 4 is 44.8 Å². The van der Waals surface area contributed by atoms with Gasteiger partial charge in [0.25, 0.3) is 0 Å². The Kier molecular flexibility index (Phi) is 4.28. The van der Waals surface area contributed by atoms with Crippen molar-refractivity contribution in [1.29, 1.82) is 0 Å². The van der Waals surface area contributed by atoms with E-state index in [-0.39, 0.29) is 23.2 Å². The minimum absolute atomic E-state index is 0.0958. The number of aromatic nitrogens is 3. The van der Waals surface area contributed by atoms with Crippen molar-refractivity contribution in [1.82, 2.24) is 19.9 Å². The van der Waals surface area contributed by atoms with Crippen molar-refractivity contribution in [3.8, 4) is 0 Å². The quantitative estimate of drug-likeness (QED) is 0.624. The average molecular weight is 361 g/mol. The molecule has 10 heteroatoms. The summed E-state index contributed by atoms with van der Waals surface area (Å²) in [6.45, 7) is 0. The Balaban J connectivity index is 1.59. The number of fused-ring (bicyclic) bond motifs is 1. The lowest BCUT2D eigenvalue weighted by atomic mass is 10.2. The molecule has 2 aromatic heterocycles. The first-order valence-corrected chi connectivity index (χ1v) is 9.75. The molecule has 0 saturated carbocycles. The summed E-state index contributed by atoms with van der Waals surface area (Å²) in [6.07, 6.45) is 1.81. The summed E-state index contributed by atoms with van der Waals surface area (Å²) in [4.78, 5) is 11.9. The minimum Gasteiger partial charge on any atom is -0.350 e. The Morgan fingerprint density at radius 3 is 2.95 bits per heavy atom. The van der Waals surface area contributed by atoms with E-state index in [1.165, 1.54) is 11.8 Å². The van der Waals surface area contributed by atoms with Crippen molar-refractivity contribution < 1.29 is 13.2 Å². The van der Waals surface area contributed by atoms with Gasteiger partial charge >= 0.3 is 0 Å². The van der Waals surface area contributed by atoms with Crippen LogP contribution < -0.4 is 5.32 Å². The molecule has 1 amide bonds. The number of rotatable bonds is 4. The first kappa shape index (κ1) is 15.6. The van der Waals surface area contributed by atoms with Crippen LogP contribution in [0.2, 0.25) is 0 Å². The zero-order valence-corrected chi connectivity index (χ0v) is 13.7. The van der Waals surface area contributed by atoms with Gasteiger partial charge in [-0.25, -0.2) is 8.42 Å². The van der Waals surface area contributed by atoms with Crippen LogP contribution in [0.15, 0.2) is 29.6 Å². The number of halogens is 1. The molecule has 0 radical (unpaired) electrons. The first-order valence-electron chi connectivity index (χ1n) is 6.51. The van der Waals surface area contributed by atoms with E-state index < -0.39 is 21.3 Å². The highest BCUT2D eigenvalue weighted by atomic mass is 35.5. The van der Waals surface area contributed by atoms with E-state index in [1.54, 1.807) is 4.40 Å². The molecule has 2 aromatic rings. The van der Waals surface area contributed by atoms with E-state index in [0.717, 1.165) is 0 Å². The Bertz CT molecular complexity index is 808. The van der Waals surface area contributed by atoms with Gasteiger partial charge in [0.15, 0.2) is 20.6 Å². The second-order valence-electron chi connectivity index (χ2n) is 4.97. The number of nitrogens with zero attached hydrogens (tertiary/aromatic N) is 3. The summed E-state index contributed by atoms with van der Waals surface area (Å²) in [5.41, 5.74) is 0.702. The summed E-state index contributed by atoms with van der Waals surface area (Å²) >= 11 is 7.19. The maximum Gasteiger partial charge on any atom is 0.230 e. The van der Waals surface area contributed by atoms with Crippen LogP contribution in [0.1, 0.15) is 0 Å². The SMILES string of the molecule is O=C(CSc1nnc2ccccn12)N[C@@H]1CS(=O)(=O)C[C@@H]1Cl. The molecular formula is C12H13ClN4O3S2. The third-order valence-corrected chi connectivity index (χ3v) is 6.56. The molecular weight excluding hydrogens is 348 g/mol. The van der Waals surface area contributed by atoms with E-state index in [9.17, 15) is 13.2 Å². The number of carbonyl (C=O) groups is 1. The number of nitrogens with one attached hydrogen (secondary N) is 1. The molecule has 1 N–H and O–H groups in total. The molecule has 118 valence electrons. The predicted molar refractivity (Wildman–Crippen MR) is 83.9 cm³/mol. The van der Waals surface area contributed by atoms with Gasteiger partial charge in [-0.3, -0.25) is 9.20 Å². The van der Waals surface area contributed by atoms with Gasteiger partial charge < -0.3 is 5.32 Å². The van der Waals surface area contributed by atoms with Crippen molar-refractivity contribution in [3.63, 3.8) is 0 Å². The average Bonchev–Trinajstić information content (AvgIpc) is 2.97. The Morgan fingerprint density at radius 1 is 1.41 bits per heavy atom. The number of thioether (sulfide) groups is 1. The number of alkyl halides is 1. The van der Waals surface area contributed by atoms with E-state index in [4.69, 9.17) is 11.6 Å². The Hall–Kier alpha value is -1.32. The second kappa shape index (κ2) is 6.05. The van der Waals surface area contributed by atoms with Crippen LogP contribution in [-0.2, 0) is 14.6 Å². The largest absolute Gasteiger partial charge is 0.350 e. The number of pyridine rings is 1. The molecule has 22 heavy (non-hydrogen) atoms. The van der Waals surface area contributed by atoms with E-state index in [0.29, 0.717) is 10.8 Å². The second-order valence-corrected chi connectivity index (χ2v) is 8.62. The molecule has 1 saturated heterocycles. The Labute approximate surface area is 136 Å². The fourth-order valence-electron chi connectivity index (χ4n) is 2.23. The van der Waals surface area contributed by atoms with Crippen LogP contribution in [0.5, 0.6) is 0 Å². The van der Waals surface area contributed by atoms with Crippen molar-refractivity contribution in [3.05, 3.63) is 24.4 Å². The number of hydrogen-bond donors (Lipinski definition) is 1. The molecule has 0 aromatic carbocycles. The van der Waals surface area contributed by atoms with Crippen LogP contribution >= 0.6 is 23.4 Å². The molecule has 3 rings (SSSR count). The van der Waals surface area contributed by atoms with Crippen LogP contribution in [0.4, 0.5) is 0 Å². The van der Waals surface area contributed by atoms with Crippen molar-refractivity contribution in [2.24, 2.45) is 0 Å². The molecule has 1 fully saturated rings. The van der Waals surface area contributed by atoms with Gasteiger partial charge in [0.1, 0.15) is 0 Å². The lowest BCUT2D eigenvalue weighted by Gasteiger charge is -2.13. The summed E-state index contributed by atoms with van der Waals surface area (Å²) in [5, 5.41) is 10.7. The molecule has 0 unspecified atom stereocenters. The normalized spacial score (nSPS) is 23.7. The molecule has 0 aliphatic carbocycles. The lowest BCUT2D eigenvalue weighted by molar-refractivity contribution is -0.119. The lowest BCUT2D eigenvalue weighted by Crippen LogP contribution is -2.41. The van der Waals surface area contributed by atoms with Crippen LogP contribution in [0.25, 0.3) is 5.65 Å². The summed E-state index contributed by atoms with van der Waals surface area (Å²) < 4.78 is 24.7. The van der Waals surface area contributed by atoms with Crippen LogP contribution in [-0.4, -0.2) is 57.6 Å². The molecule has 2 atom stereocenters. The zero-order valence-electron chi connectivity index (χ0n) is 11.3. The maximum absolute atomic E-state index is 11.9. The third kappa shape index (κ3) is 3.36. The topological polar surface area (TPSA) is 93.4 Å². The van der Waals surface area contributed by atoms with Gasteiger partial charge in [0, 0.05) is 6.20 Å². The van der Waals surface area contributed by atoms with Gasteiger partial charge in [-0.1, -0.05) is 17.8 Å². The Morgan fingerprint density at radius 2 is 2.23 bits per heavy atom. The molecule has 0 spiro atoms. The van der Waals surface area contributed by atoms with Crippen LogP contribution in [0.3, 0.4) is 0 Å². The number of carbonyl (C=O) groups excluding carboxylic acids is 1. The van der Waals surface area contributed by atoms with E-state index >= 15 is 0 Å². The fourth-order valence-corrected chi connectivity index (χ4v) is 5.52. The van der Waals surface area contributed by atoms with Gasteiger partial charge in [-0.05, 0) is 12.1 Å². The number of hydrogen-bond acceptors (Lipinski definition) is 6. The van der Waals surface area contributed by atoms with E-state index in [2.05, 4.69) is 15.5 Å². The van der Waals surface area contributed by atoms with Gasteiger partial charge in [0.05, 0.1) is 28.7 Å². The van der Waals surface area contributed by atoms with E-state index in [1.807, 2.05) is 24.4 Å². The summed E-state index contributed by atoms with van der Waals surface area (Å²) in [6, 6.07) is 4.99. The molecule has 7 nitrogen and oxygen atoms in total. The zero-order chi connectivity index (χ0) is 15.7. The molecule has 0 bridgehead atoms.